The molecule has 0 spiro atoms. The second kappa shape index (κ2) is 4.17. The third-order valence-electron chi connectivity index (χ3n) is 2.41. The molecule has 3 aromatic heterocycles. The molecule has 0 saturated carbocycles. The zero-order valence-electron chi connectivity index (χ0n) is 8.95. The number of hydrogen-bond donors (Lipinski definition) is 0. The molecular formula is C13H9N3O. The van der Waals surface area contributed by atoms with Gasteiger partial charge in [0.25, 0.3) is 0 Å². The maximum absolute atomic E-state index is 5.23. The van der Waals surface area contributed by atoms with E-state index in [2.05, 4.69) is 15.0 Å². The van der Waals surface area contributed by atoms with E-state index in [1.807, 2.05) is 24.3 Å². The van der Waals surface area contributed by atoms with Crippen molar-refractivity contribution in [1.82, 2.24) is 15.0 Å². The number of furan rings is 1. The second-order valence-electron chi connectivity index (χ2n) is 3.51. The summed E-state index contributed by atoms with van der Waals surface area (Å²) >= 11 is 0. The summed E-state index contributed by atoms with van der Waals surface area (Å²) in [5.74, 6) is 1.26. The molecule has 0 fully saturated rings. The molecule has 0 aromatic carbocycles. The summed E-state index contributed by atoms with van der Waals surface area (Å²) in [7, 11) is 0. The second-order valence-corrected chi connectivity index (χ2v) is 3.51. The zero-order valence-corrected chi connectivity index (χ0v) is 8.95. The molecule has 0 unspecified atom stereocenters. The number of aromatic nitrogens is 3. The van der Waals surface area contributed by atoms with Gasteiger partial charge in [-0.15, -0.1) is 0 Å². The molecule has 0 aliphatic heterocycles. The van der Waals surface area contributed by atoms with Gasteiger partial charge in [-0.1, -0.05) is 0 Å². The van der Waals surface area contributed by atoms with Crippen LogP contribution in [0.3, 0.4) is 0 Å². The van der Waals surface area contributed by atoms with Crippen LogP contribution < -0.4 is 0 Å². The first-order valence-electron chi connectivity index (χ1n) is 5.20. The van der Waals surface area contributed by atoms with Crippen molar-refractivity contribution in [2.24, 2.45) is 0 Å². The lowest BCUT2D eigenvalue weighted by molar-refractivity contribution is 0.577. The van der Waals surface area contributed by atoms with E-state index >= 15 is 0 Å². The van der Waals surface area contributed by atoms with Crippen molar-refractivity contribution >= 4 is 0 Å². The molecular weight excluding hydrogens is 214 g/mol. The molecule has 0 bridgehead atoms. The van der Waals surface area contributed by atoms with Gasteiger partial charge in [-0.3, -0.25) is 4.98 Å². The summed E-state index contributed by atoms with van der Waals surface area (Å²) in [6.45, 7) is 0. The number of nitrogens with zero attached hydrogens (tertiary/aromatic N) is 3. The predicted molar refractivity (Wildman–Crippen MR) is 63.0 cm³/mol. The molecule has 3 heterocycles. The van der Waals surface area contributed by atoms with Crippen molar-refractivity contribution in [2.75, 3.05) is 0 Å². The number of hydrogen-bond acceptors (Lipinski definition) is 4. The lowest BCUT2D eigenvalue weighted by atomic mass is 10.1. The summed E-state index contributed by atoms with van der Waals surface area (Å²) in [6.07, 6.45) is 8.65. The van der Waals surface area contributed by atoms with Gasteiger partial charge in [-0.05, 0) is 29.8 Å². The van der Waals surface area contributed by atoms with E-state index in [0.29, 0.717) is 11.6 Å². The average molecular weight is 223 g/mol. The van der Waals surface area contributed by atoms with E-state index in [4.69, 9.17) is 4.42 Å². The van der Waals surface area contributed by atoms with Gasteiger partial charge in [-0.2, -0.15) is 0 Å². The maximum Gasteiger partial charge on any atom is 0.195 e. The Morgan fingerprint density at radius 3 is 2.29 bits per heavy atom. The minimum absolute atomic E-state index is 0.591. The standard InChI is InChI=1S/C13H9N3O/c1-2-12(17-7-1)13-15-8-11(9-16-13)10-3-5-14-6-4-10/h1-9H. The Kier molecular flexibility index (Phi) is 2.38. The highest BCUT2D eigenvalue weighted by Gasteiger charge is 2.04. The van der Waals surface area contributed by atoms with Crippen LogP contribution >= 0.6 is 0 Å². The average Bonchev–Trinajstić information content (AvgIpc) is 2.94. The first-order chi connectivity index (χ1) is 8.43. The van der Waals surface area contributed by atoms with Gasteiger partial charge >= 0.3 is 0 Å². The minimum atomic E-state index is 0.591. The Hall–Kier alpha value is -2.49. The van der Waals surface area contributed by atoms with Crippen LogP contribution in [0.15, 0.2) is 59.7 Å². The number of rotatable bonds is 2. The van der Waals surface area contributed by atoms with E-state index in [-0.39, 0.29) is 0 Å². The molecule has 0 aliphatic carbocycles. The highest BCUT2D eigenvalue weighted by atomic mass is 16.3. The third kappa shape index (κ3) is 1.92. The fourth-order valence-electron chi connectivity index (χ4n) is 1.55. The Morgan fingerprint density at radius 2 is 1.65 bits per heavy atom. The molecule has 82 valence electrons. The van der Waals surface area contributed by atoms with Gasteiger partial charge in [0, 0.05) is 30.4 Å². The highest BCUT2D eigenvalue weighted by Crippen LogP contribution is 2.19. The third-order valence-corrected chi connectivity index (χ3v) is 2.41. The summed E-state index contributed by atoms with van der Waals surface area (Å²) in [5, 5.41) is 0. The molecule has 3 aromatic rings. The van der Waals surface area contributed by atoms with Gasteiger partial charge in [0.2, 0.25) is 0 Å². The van der Waals surface area contributed by atoms with Crippen LogP contribution in [-0.4, -0.2) is 15.0 Å². The fourth-order valence-corrected chi connectivity index (χ4v) is 1.55. The molecule has 0 amide bonds. The van der Waals surface area contributed by atoms with Crippen molar-refractivity contribution < 1.29 is 4.42 Å². The first-order valence-corrected chi connectivity index (χ1v) is 5.20. The van der Waals surface area contributed by atoms with E-state index in [1.165, 1.54) is 0 Å². The van der Waals surface area contributed by atoms with E-state index in [1.54, 1.807) is 31.1 Å². The lowest BCUT2D eigenvalue weighted by Crippen LogP contribution is -1.88. The van der Waals surface area contributed by atoms with Gasteiger partial charge in [0.05, 0.1) is 6.26 Å². The summed E-state index contributed by atoms with van der Waals surface area (Å²) in [4.78, 5) is 12.5. The molecule has 0 atom stereocenters. The van der Waals surface area contributed by atoms with Gasteiger partial charge < -0.3 is 4.42 Å². The minimum Gasteiger partial charge on any atom is -0.461 e. The highest BCUT2D eigenvalue weighted by molar-refractivity contribution is 5.61. The van der Waals surface area contributed by atoms with Crippen molar-refractivity contribution in [3.8, 4) is 22.7 Å². The van der Waals surface area contributed by atoms with Crippen LogP contribution in [0.4, 0.5) is 0 Å². The molecule has 3 rings (SSSR count). The molecule has 0 radical (unpaired) electrons. The molecule has 0 aliphatic rings. The molecule has 0 saturated heterocycles. The van der Waals surface area contributed by atoms with Crippen LogP contribution in [0.5, 0.6) is 0 Å². The monoisotopic (exact) mass is 223 g/mol. The van der Waals surface area contributed by atoms with Crippen LogP contribution in [-0.2, 0) is 0 Å². The summed E-state index contributed by atoms with van der Waals surface area (Å²) in [6, 6.07) is 7.49. The van der Waals surface area contributed by atoms with Crippen molar-refractivity contribution in [3.05, 3.63) is 55.3 Å². The van der Waals surface area contributed by atoms with Crippen LogP contribution in [0.1, 0.15) is 0 Å². The van der Waals surface area contributed by atoms with Gasteiger partial charge in [0.1, 0.15) is 0 Å². The zero-order chi connectivity index (χ0) is 11.5. The van der Waals surface area contributed by atoms with E-state index < -0.39 is 0 Å². The van der Waals surface area contributed by atoms with Crippen LogP contribution in [0, 0.1) is 0 Å². The predicted octanol–water partition coefficient (Wildman–Crippen LogP) is 2.80. The van der Waals surface area contributed by atoms with Crippen molar-refractivity contribution in [2.45, 2.75) is 0 Å². The van der Waals surface area contributed by atoms with Crippen molar-refractivity contribution in [3.63, 3.8) is 0 Å². The number of pyridine rings is 1. The Morgan fingerprint density at radius 1 is 0.882 bits per heavy atom. The largest absolute Gasteiger partial charge is 0.461 e. The summed E-state index contributed by atoms with van der Waals surface area (Å²) in [5.41, 5.74) is 2.01. The fraction of sp³-hybridized carbons (Fsp3) is 0. The molecule has 17 heavy (non-hydrogen) atoms. The molecule has 0 N–H and O–H groups in total. The van der Waals surface area contributed by atoms with Crippen LogP contribution in [0.25, 0.3) is 22.7 Å². The van der Waals surface area contributed by atoms with Gasteiger partial charge in [-0.25, -0.2) is 9.97 Å². The topological polar surface area (TPSA) is 51.8 Å². The Bertz CT molecular complexity index is 588. The normalized spacial score (nSPS) is 10.4. The quantitative estimate of drug-likeness (QED) is 0.670. The van der Waals surface area contributed by atoms with E-state index in [0.717, 1.165) is 11.1 Å². The van der Waals surface area contributed by atoms with E-state index in [9.17, 15) is 0 Å². The summed E-state index contributed by atoms with van der Waals surface area (Å²) < 4.78 is 5.23. The molecule has 4 nitrogen and oxygen atoms in total. The first kappa shape index (κ1) is 9.72. The maximum atomic E-state index is 5.23. The van der Waals surface area contributed by atoms with Crippen LogP contribution in [0.2, 0.25) is 0 Å². The smallest absolute Gasteiger partial charge is 0.195 e. The van der Waals surface area contributed by atoms with Gasteiger partial charge in [0.15, 0.2) is 11.6 Å². The van der Waals surface area contributed by atoms with Crippen molar-refractivity contribution in [1.29, 1.82) is 0 Å². The SMILES string of the molecule is c1coc(-c2ncc(-c3ccncc3)cn2)c1. The molecule has 4 heteroatoms. The lowest BCUT2D eigenvalue weighted by Gasteiger charge is -2.00. The Labute approximate surface area is 98.0 Å². The Balaban J connectivity index is 1.96.